The molecule has 4 nitrogen and oxygen atoms in total. The first-order valence-corrected chi connectivity index (χ1v) is 5.56. The van der Waals surface area contributed by atoms with Crippen LogP contribution < -0.4 is 0 Å². The molecule has 1 aromatic rings. The quantitative estimate of drug-likeness (QED) is 0.700. The number of hydrogen-bond donors (Lipinski definition) is 1. The van der Waals surface area contributed by atoms with Crippen molar-refractivity contribution in [2.24, 2.45) is 0 Å². The van der Waals surface area contributed by atoms with Crippen LogP contribution in [-0.2, 0) is 11.3 Å². The Morgan fingerprint density at radius 2 is 2.27 bits per heavy atom. The van der Waals surface area contributed by atoms with Gasteiger partial charge in [-0.05, 0) is 13.3 Å². The summed E-state index contributed by atoms with van der Waals surface area (Å²) in [6.45, 7) is 6.29. The van der Waals surface area contributed by atoms with E-state index in [1.165, 1.54) is 0 Å². The summed E-state index contributed by atoms with van der Waals surface area (Å²) in [5.41, 5.74) is 0. The first-order valence-electron chi connectivity index (χ1n) is 5.56. The lowest BCUT2D eigenvalue weighted by atomic mass is 10.2. The molecule has 1 atom stereocenters. The monoisotopic (exact) mass is 212 g/mol. The van der Waals surface area contributed by atoms with Crippen LogP contribution in [-0.4, -0.2) is 27.9 Å². The van der Waals surface area contributed by atoms with Gasteiger partial charge < -0.3 is 14.4 Å². The third kappa shape index (κ3) is 3.64. The Morgan fingerprint density at radius 3 is 2.93 bits per heavy atom. The number of rotatable bonds is 7. The number of ether oxygens (including phenoxy) is 1. The third-order valence-corrected chi connectivity index (χ3v) is 2.27. The molecule has 1 heterocycles. The van der Waals surface area contributed by atoms with E-state index in [4.69, 9.17) is 4.74 Å². The summed E-state index contributed by atoms with van der Waals surface area (Å²) >= 11 is 0. The molecule has 0 aliphatic heterocycles. The van der Waals surface area contributed by atoms with E-state index in [0.717, 1.165) is 25.4 Å². The Kier molecular flexibility index (Phi) is 5.36. The lowest BCUT2D eigenvalue weighted by molar-refractivity contribution is 0.0767. The van der Waals surface area contributed by atoms with Crippen LogP contribution in [0.15, 0.2) is 12.4 Å². The maximum absolute atomic E-state index is 9.86. The van der Waals surface area contributed by atoms with E-state index < -0.39 is 6.10 Å². The molecule has 0 fully saturated rings. The van der Waals surface area contributed by atoms with Gasteiger partial charge in [-0.2, -0.15) is 0 Å². The van der Waals surface area contributed by atoms with Gasteiger partial charge in [0, 0.05) is 38.6 Å². The van der Waals surface area contributed by atoms with E-state index >= 15 is 0 Å². The standard InChI is InChI=1S/C11H20N2O2/c1-3-8-15-9-5-10(14)11-12-6-7-13(11)4-2/h6-7,10,14H,3-5,8-9H2,1-2H3. The van der Waals surface area contributed by atoms with Crippen LogP contribution in [0, 0.1) is 0 Å². The predicted molar refractivity (Wildman–Crippen MR) is 58.6 cm³/mol. The molecular weight excluding hydrogens is 192 g/mol. The van der Waals surface area contributed by atoms with Crippen molar-refractivity contribution in [1.82, 2.24) is 9.55 Å². The van der Waals surface area contributed by atoms with Gasteiger partial charge in [0.2, 0.25) is 0 Å². The summed E-state index contributed by atoms with van der Waals surface area (Å²) < 4.78 is 7.28. The van der Waals surface area contributed by atoms with Gasteiger partial charge in [0.25, 0.3) is 0 Å². The lowest BCUT2D eigenvalue weighted by Gasteiger charge is -2.11. The molecule has 1 unspecified atom stereocenters. The largest absolute Gasteiger partial charge is 0.385 e. The third-order valence-electron chi connectivity index (χ3n) is 2.27. The van der Waals surface area contributed by atoms with Crippen molar-refractivity contribution >= 4 is 0 Å². The van der Waals surface area contributed by atoms with Gasteiger partial charge in [0.15, 0.2) is 0 Å². The summed E-state index contributed by atoms with van der Waals surface area (Å²) in [7, 11) is 0. The van der Waals surface area contributed by atoms with Crippen molar-refractivity contribution in [3.8, 4) is 0 Å². The van der Waals surface area contributed by atoms with Crippen molar-refractivity contribution in [3.63, 3.8) is 0 Å². The molecule has 1 rings (SSSR count). The second kappa shape index (κ2) is 6.58. The maximum atomic E-state index is 9.86. The van der Waals surface area contributed by atoms with Gasteiger partial charge in [0.05, 0.1) is 0 Å². The average Bonchev–Trinajstić information content (AvgIpc) is 2.72. The SMILES string of the molecule is CCCOCCC(O)c1nccn1CC. The predicted octanol–water partition coefficient (Wildman–Crippen LogP) is 1.75. The highest BCUT2D eigenvalue weighted by Gasteiger charge is 2.12. The van der Waals surface area contributed by atoms with Crippen LogP contribution in [0.25, 0.3) is 0 Å². The van der Waals surface area contributed by atoms with Gasteiger partial charge in [-0.25, -0.2) is 4.98 Å². The summed E-state index contributed by atoms with van der Waals surface area (Å²) in [5.74, 6) is 0.734. The second-order valence-corrected chi connectivity index (χ2v) is 3.49. The molecule has 86 valence electrons. The molecule has 0 aliphatic rings. The number of aliphatic hydroxyl groups is 1. The summed E-state index contributed by atoms with van der Waals surface area (Å²) in [4.78, 5) is 4.14. The molecular formula is C11H20N2O2. The van der Waals surface area contributed by atoms with E-state index in [0.29, 0.717) is 13.0 Å². The number of imidazole rings is 1. The maximum Gasteiger partial charge on any atom is 0.137 e. The van der Waals surface area contributed by atoms with E-state index in [2.05, 4.69) is 11.9 Å². The Bertz CT molecular complexity index is 273. The Balaban J connectivity index is 2.36. The molecule has 1 N–H and O–H groups in total. The molecule has 0 amide bonds. The van der Waals surface area contributed by atoms with Crippen molar-refractivity contribution in [3.05, 3.63) is 18.2 Å². The Morgan fingerprint density at radius 1 is 1.47 bits per heavy atom. The number of aryl methyl sites for hydroxylation is 1. The molecule has 0 bridgehead atoms. The van der Waals surface area contributed by atoms with Crippen LogP contribution in [0.2, 0.25) is 0 Å². The lowest BCUT2D eigenvalue weighted by Crippen LogP contribution is -2.10. The van der Waals surface area contributed by atoms with E-state index in [9.17, 15) is 5.11 Å². The minimum atomic E-state index is -0.517. The molecule has 0 spiro atoms. The van der Waals surface area contributed by atoms with Crippen LogP contribution >= 0.6 is 0 Å². The summed E-state index contributed by atoms with van der Waals surface area (Å²) in [6.07, 6.45) is 4.70. The van der Waals surface area contributed by atoms with E-state index in [1.807, 2.05) is 17.7 Å². The number of aliphatic hydroxyl groups excluding tert-OH is 1. The number of aromatic nitrogens is 2. The molecule has 0 aromatic carbocycles. The highest BCUT2D eigenvalue weighted by Crippen LogP contribution is 2.14. The Hall–Kier alpha value is -0.870. The molecule has 0 saturated carbocycles. The highest BCUT2D eigenvalue weighted by atomic mass is 16.5. The summed E-state index contributed by atoms with van der Waals surface area (Å²) in [6, 6.07) is 0. The first kappa shape index (κ1) is 12.2. The fraction of sp³-hybridized carbons (Fsp3) is 0.727. The van der Waals surface area contributed by atoms with Gasteiger partial charge in [-0.3, -0.25) is 0 Å². The molecule has 0 radical (unpaired) electrons. The van der Waals surface area contributed by atoms with Gasteiger partial charge in [-0.1, -0.05) is 6.92 Å². The van der Waals surface area contributed by atoms with Gasteiger partial charge in [-0.15, -0.1) is 0 Å². The molecule has 0 saturated heterocycles. The van der Waals surface area contributed by atoms with E-state index in [1.54, 1.807) is 6.20 Å². The van der Waals surface area contributed by atoms with E-state index in [-0.39, 0.29) is 0 Å². The Labute approximate surface area is 90.9 Å². The summed E-state index contributed by atoms with van der Waals surface area (Å²) in [5, 5.41) is 9.86. The zero-order valence-corrected chi connectivity index (χ0v) is 9.52. The zero-order chi connectivity index (χ0) is 11.1. The highest BCUT2D eigenvalue weighted by molar-refractivity contribution is 4.96. The number of nitrogens with zero attached hydrogens (tertiary/aromatic N) is 2. The van der Waals surface area contributed by atoms with Crippen LogP contribution in [0.1, 0.15) is 38.6 Å². The van der Waals surface area contributed by atoms with Crippen LogP contribution in [0.3, 0.4) is 0 Å². The fourth-order valence-corrected chi connectivity index (χ4v) is 1.46. The van der Waals surface area contributed by atoms with Crippen LogP contribution in [0.4, 0.5) is 0 Å². The molecule has 0 aliphatic carbocycles. The molecule has 1 aromatic heterocycles. The molecule has 15 heavy (non-hydrogen) atoms. The van der Waals surface area contributed by atoms with Crippen LogP contribution in [0.5, 0.6) is 0 Å². The average molecular weight is 212 g/mol. The smallest absolute Gasteiger partial charge is 0.137 e. The normalized spacial score (nSPS) is 13.0. The molecule has 4 heteroatoms. The van der Waals surface area contributed by atoms with Crippen molar-refractivity contribution in [2.45, 2.75) is 39.3 Å². The topological polar surface area (TPSA) is 47.3 Å². The van der Waals surface area contributed by atoms with Gasteiger partial charge in [0.1, 0.15) is 11.9 Å². The van der Waals surface area contributed by atoms with Crippen molar-refractivity contribution in [1.29, 1.82) is 0 Å². The zero-order valence-electron chi connectivity index (χ0n) is 9.52. The first-order chi connectivity index (χ1) is 7.29. The minimum Gasteiger partial charge on any atom is -0.385 e. The van der Waals surface area contributed by atoms with Crippen molar-refractivity contribution in [2.75, 3.05) is 13.2 Å². The number of hydrogen-bond acceptors (Lipinski definition) is 3. The minimum absolute atomic E-state index is 0.517. The second-order valence-electron chi connectivity index (χ2n) is 3.49. The van der Waals surface area contributed by atoms with Crippen molar-refractivity contribution < 1.29 is 9.84 Å². The fourth-order valence-electron chi connectivity index (χ4n) is 1.46. The van der Waals surface area contributed by atoms with Gasteiger partial charge >= 0.3 is 0 Å².